The van der Waals surface area contributed by atoms with Crippen molar-refractivity contribution in [1.82, 2.24) is 39.9 Å². The van der Waals surface area contributed by atoms with Crippen LogP contribution < -0.4 is 33.4 Å². The zero-order chi connectivity index (χ0) is 54.8. The third-order valence-electron chi connectivity index (χ3n) is 14.0. The number of rotatable bonds is 12. The minimum absolute atomic E-state index is 0.482. The number of hydrogen-bond donors (Lipinski definition) is 2. The summed E-state index contributed by atoms with van der Waals surface area (Å²) >= 11 is 2.82. The number of aromatic nitrogens is 8. The Labute approximate surface area is 487 Å². The van der Waals surface area contributed by atoms with E-state index in [0.717, 1.165) is 129 Å². The Morgan fingerprint density at radius 1 is 0.275 bits per heavy atom. The van der Waals surface area contributed by atoms with E-state index in [-0.39, 0.29) is 0 Å². The second-order valence-corrected chi connectivity index (χ2v) is 23.8. The molecule has 3 aromatic heterocycles. The normalized spacial score (nSPS) is 11.9. The van der Waals surface area contributed by atoms with E-state index in [1.807, 2.05) is 24.3 Å². The molecule has 0 aliphatic carbocycles. The zero-order valence-electron chi connectivity index (χ0n) is 44.5. The monoisotopic (exact) mass is 1230 g/mol. The third-order valence-corrected chi connectivity index (χ3v) is 17.5. The van der Waals surface area contributed by atoms with Gasteiger partial charge in [0.1, 0.15) is 0 Å². The Morgan fingerprint density at radius 3 is 0.850 bits per heavy atom. The first kappa shape index (κ1) is 51.8. The molecule has 13 rings (SSSR count). The molecule has 0 saturated heterocycles. The molecule has 2 aliphatic rings. The summed E-state index contributed by atoms with van der Waals surface area (Å²) in [5.74, 6) is 5.39. The van der Waals surface area contributed by atoms with Crippen molar-refractivity contribution >= 4 is 62.1 Å². The van der Waals surface area contributed by atoms with E-state index < -0.39 is 0 Å². The molecule has 406 valence electrons. The first-order valence-electron chi connectivity index (χ1n) is 25.6. The van der Waals surface area contributed by atoms with Gasteiger partial charge in [-0.1, -0.05) is 0 Å². The Morgan fingerprint density at radius 2 is 0.537 bits per heavy atom. The van der Waals surface area contributed by atoms with Crippen molar-refractivity contribution < 1.29 is 75.5 Å². The minimum atomic E-state index is 0.482. The average Bonchev–Trinajstić information content (AvgIpc) is 4.17. The summed E-state index contributed by atoms with van der Waals surface area (Å²) in [5, 5.41) is 3.37. The van der Waals surface area contributed by atoms with Crippen molar-refractivity contribution in [3.63, 3.8) is 0 Å². The quantitative estimate of drug-likeness (QED) is 0.121. The summed E-state index contributed by atoms with van der Waals surface area (Å²) in [7, 11) is 0. The molecule has 8 aromatic carbocycles. The van der Waals surface area contributed by atoms with Gasteiger partial charge in [0.2, 0.25) is 0 Å². The number of hydrogen-bond acceptors (Lipinski definition) is 10. The van der Waals surface area contributed by atoms with Gasteiger partial charge in [-0.3, -0.25) is 0 Å². The van der Waals surface area contributed by atoms with Gasteiger partial charge in [-0.25, -0.2) is 0 Å². The Kier molecular flexibility index (Phi) is 13.9. The Hall–Kier alpha value is -7.65. The van der Waals surface area contributed by atoms with Gasteiger partial charge in [0, 0.05) is 0 Å². The van der Waals surface area contributed by atoms with Crippen LogP contribution in [-0.2, 0) is 60.1 Å². The molecule has 0 saturated carbocycles. The molecule has 5 heterocycles. The number of fused-ring (bicyclic) bond motifs is 20. The molecule has 2 aliphatic heterocycles. The fraction of sp³-hybridized carbons (Fsp3) is 0.125. The van der Waals surface area contributed by atoms with E-state index in [1.165, 1.54) is 0 Å². The van der Waals surface area contributed by atoms with Crippen molar-refractivity contribution in [2.45, 2.75) is 55.4 Å². The van der Waals surface area contributed by atoms with Gasteiger partial charge < -0.3 is 0 Å². The van der Waals surface area contributed by atoms with Crippen LogP contribution in [-0.4, -0.2) is 39.9 Å². The number of aromatic amines is 2. The Balaban J connectivity index is 1.02. The molecular weight excluding hydrogens is 1180 g/mol. The molecule has 0 fully saturated rings. The maximum absolute atomic E-state index is 6.49. The van der Waals surface area contributed by atoms with E-state index in [4.69, 9.17) is 45.3 Å². The second-order valence-electron chi connectivity index (χ2n) is 19.7. The van der Waals surface area contributed by atoms with Crippen LogP contribution in [0, 0.1) is 55.4 Å². The van der Waals surface area contributed by atoms with Crippen molar-refractivity contribution in [3.8, 4) is 68.5 Å². The first-order chi connectivity index (χ1) is 38.9. The molecule has 16 heteroatoms. The summed E-state index contributed by atoms with van der Waals surface area (Å²) in [5.41, 5.74) is 14.1. The van der Waals surface area contributed by atoms with Gasteiger partial charge >= 0.3 is 492 Å². The van der Waals surface area contributed by atoms with Crippen LogP contribution in [0.15, 0.2) is 146 Å². The van der Waals surface area contributed by atoms with Crippen LogP contribution in [0.5, 0.6) is 23.0 Å². The van der Waals surface area contributed by atoms with Crippen LogP contribution in [0.3, 0.4) is 0 Å². The van der Waals surface area contributed by atoms with Gasteiger partial charge in [-0.05, 0) is 0 Å². The molecule has 2 N–H and O–H groups in total. The van der Waals surface area contributed by atoms with Crippen LogP contribution in [0.2, 0.25) is 0 Å². The summed E-state index contributed by atoms with van der Waals surface area (Å²) in [4.78, 5) is 39.3. The van der Waals surface area contributed by atoms with E-state index in [9.17, 15) is 0 Å². The van der Waals surface area contributed by atoms with Gasteiger partial charge in [-0.2, -0.15) is 0 Å². The fourth-order valence-electron chi connectivity index (χ4n) is 9.73. The number of aryl methyl sites for hydroxylation is 8. The molecule has 12 nitrogen and oxygen atoms in total. The van der Waals surface area contributed by atoms with Gasteiger partial charge in [0.25, 0.3) is 0 Å². The number of nitrogens with zero attached hydrogens (tertiary/aromatic N) is 6. The van der Waals surface area contributed by atoms with E-state index in [2.05, 4.69) is 187 Å². The SMILES string of the molecule is Cc1cccc(C)c1[O][Co][c]1ccc2c(c1)-c1nc-2nc2[nH]c(nc3nc(nc4[nH]c(n1)c1cc[c]([Co][O]c5c(C)cccc5C)cc41)-c1c[c]([Co][O]c4c(C)cccc4C)ccc1-3)c1cc[c]([Co][O]c3c(C)cccc3C)cc21. The number of para-hydroxylation sites is 4. The molecule has 0 unspecified atom stereocenters. The van der Waals surface area contributed by atoms with E-state index >= 15 is 0 Å². The Bertz CT molecular complexity index is 4440. The summed E-state index contributed by atoms with van der Waals surface area (Å²) in [6, 6.07) is 49.6. The van der Waals surface area contributed by atoms with Gasteiger partial charge in [0.15, 0.2) is 0 Å². The third kappa shape index (κ3) is 9.95. The zero-order valence-corrected chi connectivity index (χ0v) is 48.7. The molecular formula is C64H50Co4N8O4. The number of benzene rings is 8. The van der Waals surface area contributed by atoms with Crippen molar-refractivity contribution in [3.05, 3.63) is 190 Å². The van der Waals surface area contributed by atoms with Crippen molar-refractivity contribution in [2.75, 3.05) is 0 Å². The second kappa shape index (κ2) is 21.4. The number of H-pyrrole nitrogens is 2. The molecule has 80 heavy (non-hydrogen) atoms. The van der Waals surface area contributed by atoms with E-state index in [0.29, 0.717) is 106 Å². The van der Waals surface area contributed by atoms with Gasteiger partial charge in [0.05, 0.1) is 0 Å². The average molecular weight is 1230 g/mol. The van der Waals surface area contributed by atoms with Crippen LogP contribution in [0.1, 0.15) is 44.5 Å². The van der Waals surface area contributed by atoms with Crippen molar-refractivity contribution in [1.29, 1.82) is 0 Å². The van der Waals surface area contributed by atoms with Crippen molar-refractivity contribution in [2.24, 2.45) is 0 Å². The molecule has 0 spiro atoms. The maximum atomic E-state index is 6.49. The molecule has 8 bridgehead atoms. The van der Waals surface area contributed by atoms with Gasteiger partial charge in [-0.15, -0.1) is 0 Å². The fourth-order valence-corrected chi connectivity index (χ4v) is 13.5. The van der Waals surface area contributed by atoms with E-state index in [1.54, 1.807) is 0 Å². The van der Waals surface area contributed by atoms with Crippen LogP contribution in [0.25, 0.3) is 89.7 Å². The molecule has 0 radical (unpaired) electrons. The number of nitrogens with one attached hydrogen (secondary N) is 2. The molecule has 0 atom stereocenters. The topological polar surface area (TPSA) is 146 Å². The summed E-state index contributed by atoms with van der Waals surface area (Å²) < 4.78 is 29.7. The standard InChI is InChI=1S/C32H14N8.4C8H10O.4Co/c1-2-10-18-17(9-1)25-33-26(18)38-28-21-13-5-6-14-22(21)30(35-28)40-32-24-16-8-7-15-23(24)31(36-32)39-29-20-12-4-3-11-19(20)27(34-29)37-25;4*1-6-4-3-5-7(2)8(6)9;;;;/h1,3,5,8-16H,(H2,33,34,35,36,37,38,39,40);4*3-5,9H,1-2H3;;;;/q;;;;;4*+1/p-4. The predicted octanol–water partition coefficient (Wildman–Crippen LogP) is 12.1. The van der Waals surface area contributed by atoms with Crippen LogP contribution >= 0.6 is 0 Å². The predicted molar refractivity (Wildman–Crippen MR) is 301 cm³/mol. The summed E-state index contributed by atoms with van der Waals surface area (Å²) in [6.45, 7) is 16.5. The molecule has 11 aromatic rings. The molecule has 0 amide bonds. The first-order valence-corrected chi connectivity index (χ1v) is 29.4. The van der Waals surface area contributed by atoms with Crippen LogP contribution in [0.4, 0.5) is 0 Å². The summed E-state index contributed by atoms with van der Waals surface area (Å²) in [6.07, 6.45) is 0.